The van der Waals surface area contributed by atoms with Crippen LogP contribution < -0.4 is 51.4 Å². The van der Waals surface area contributed by atoms with E-state index in [2.05, 4.69) is 39.4 Å². The Kier molecular flexibility index (Phi) is 14500. The van der Waals surface area contributed by atoms with E-state index >= 15 is 0 Å². The molecule has 0 aromatic carbocycles. The van der Waals surface area contributed by atoms with Gasteiger partial charge in [-0.15, -0.1) is 0 Å². The largest absolute Gasteiger partial charge is 1.00 e. The zero-order valence-electron chi connectivity index (χ0n) is 8.50. The monoisotopic (exact) mass is 274 g/mol. The number of hydrogen-bond donors (Lipinski definition) is 0. The molecule has 0 aliphatic heterocycles. The fraction of sp³-hybridized carbons (Fsp3) is 0.143. The van der Waals surface area contributed by atoms with Crippen molar-refractivity contribution in [1.29, 1.82) is 31.6 Å². The van der Waals surface area contributed by atoms with Crippen LogP contribution in [0, 0.1) is 71.0 Å². The first kappa shape index (κ1) is 93.1. The molecule has 0 bridgehead atoms. The molecule has 0 aromatic rings. The minimum Gasteiger partial charge on any atom is -1.00 e. The van der Waals surface area contributed by atoms with Gasteiger partial charge in [-0.1, -0.05) is 7.43 Å². The van der Waals surface area contributed by atoms with Crippen LogP contribution in [0.3, 0.4) is 0 Å². The van der Waals surface area contributed by atoms with Crippen molar-refractivity contribution >= 4 is 0 Å². The van der Waals surface area contributed by atoms with Crippen molar-refractivity contribution in [1.82, 2.24) is 0 Å². The van der Waals surface area contributed by atoms with Gasteiger partial charge in [-0.3, -0.25) is 0 Å². The van der Waals surface area contributed by atoms with Crippen LogP contribution in [-0.2, 0) is 17.1 Å². The maximum absolute atomic E-state index is 6.50. The Balaban J connectivity index is -0.00000000321. The smallest absolute Gasteiger partial charge is 1.00 e. The molecule has 0 unspecified atom stereocenters. The van der Waals surface area contributed by atoms with Gasteiger partial charge in [0.1, 0.15) is 0 Å². The van der Waals surface area contributed by atoms with Crippen LogP contribution in [0.4, 0.5) is 0 Å². The van der Waals surface area contributed by atoms with E-state index < -0.39 is 0 Å². The van der Waals surface area contributed by atoms with Crippen LogP contribution in [-0.4, -0.2) is 0 Å². The van der Waals surface area contributed by atoms with Crippen molar-refractivity contribution in [2.24, 2.45) is 0 Å². The van der Waals surface area contributed by atoms with E-state index in [0.717, 1.165) is 0 Å². The molecule has 0 aliphatic carbocycles. The summed E-state index contributed by atoms with van der Waals surface area (Å²) in [4.78, 5) is 0. The van der Waals surface area contributed by atoms with Crippen molar-refractivity contribution in [3.63, 3.8) is 0 Å². The van der Waals surface area contributed by atoms with Gasteiger partial charge >= 0.3 is 51.4 Å². The van der Waals surface area contributed by atoms with Crippen LogP contribution in [0.25, 0.3) is 0 Å². The topological polar surface area (TPSA) is 143 Å². The number of nitrogens with zero attached hydrogens (tertiary/aromatic N) is 6. The average Bonchev–Trinajstić information content (AvgIpc) is 2.33. The molecule has 0 saturated carbocycles. The molecular formula is C7H11FeKN6. The summed E-state index contributed by atoms with van der Waals surface area (Å²) in [6, 6.07) is 0. The van der Waals surface area contributed by atoms with Crippen molar-refractivity contribution in [2.75, 3.05) is 0 Å². The maximum Gasteiger partial charge on any atom is 1.00 e. The molecule has 0 spiro atoms. The Labute approximate surface area is 146 Å². The zero-order chi connectivity index (χ0) is 12.0. The normalized spacial score (nSPS) is 0.800. The molecule has 78 valence electrons. The van der Waals surface area contributed by atoms with Crippen molar-refractivity contribution in [3.8, 4) is 39.4 Å². The molecule has 0 amide bonds. The molecule has 0 aromatic heterocycles. The zero-order valence-corrected chi connectivity index (χ0v) is 11.7. The van der Waals surface area contributed by atoms with Crippen LogP contribution in [0.1, 0.15) is 8.85 Å². The van der Waals surface area contributed by atoms with Crippen LogP contribution in [0.5, 0.6) is 0 Å². The van der Waals surface area contributed by atoms with Crippen LogP contribution in [0.15, 0.2) is 0 Å². The number of hydrogen-bond acceptors (Lipinski definition) is 6. The van der Waals surface area contributed by atoms with Crippen molar-refractivity contribution in [3.05, 3.63) is 0 Å². The van der Waals surface area contributed by atoms with Crippen LogP contribution in [0.2, 0.25) is 0 Å². The van der Waals surface area contributed by atoms with Gasteiger partial charge in [0.25, 0.3) is 0 Å². The second kappa shape index (κ2) is 2340. The second-order valence-corrected chi connectivity index (χ2v) is 0. The molecule has 0 fully saturated rings. The number of rotatable bonds is 0. The van der Waals surface area contributed by atoms with E-state index in [1.54, 1.807) is 0 Å². The minimum absolute atomic E-state index is 0. The summed E-state index contributed by atoms with van der Waals surface area (Å²) in [6.45, 7) is 21.0. The molecule has 0 rings (SSSR count). The summed E-state index contributed by atoms with van der Waals surface area (Å²) in [5.74, 6) is 0. The molecule has 15 heavy (non-hydrogen) atoms. The van der Waals surface area contributed by atoms with Crippen molar-refractivity contribution in [2.45, 2.75) is 7.43 Å². The minimum atomic E-state index is 0. The molecule has 0 aliphatic rings. The Morgan fingerprint density at radius 3 is 0.467 bits per heavy atom. The van der Waals surface area contributed by atoms with Gasteiger partial charge < -0.3 is 1.43 Å². The third-order valence-electron chi connectivity index (χ3n) is 0. The molecule has 0 radical (unpaired) electrons. The van der Waals surface area contributed by atoms with Gasteiger partial charge in [-0.2, -0.15) is 0 Å². The third kappa shape index (κ3) is 1970. The molecule has 8 heteroatoms. The van der Waals surface area contributed by atoms with E-state index in [1.807, 2.05) is 0 Å². The van der Waals surface area contributed by atoms with Crippen molar-refractivity contribution < 1.29 is 69.9 Å². The first-order valence-corrected chi connectivity index (χ1v) is 1.55. The van der Waals surface area contributed by atoms with E-state index in [-0.39, 0.29) is 77.3 Å². The fourth-order valence-corrected chi connectivity index (χ4v) is 0. The first-order valence-electron chi connectivity index (χ1n) is 1.55. The van der Waals surface area contributed by atoms with E-state index in [4.69, 9.17) is 31.6 Å². The SMILES string of the molecule is C.C#N.C#N.C#N.C#N.C#N.C#N.[Fe].[H-].[K+]. The quantitative estimate of drug-likeness (QED) is 0.496. The predicted molar refractivity (Wildman–Crippen MR) is 47.9 cm³/mol. The Morgan fingerprint density at radius 2 is 0.467 bits per heavy atom. The molecular weight excluding hydrogens is 263 g/mol. The summed E-state index contributed by atoms with van der Waals surface area (Å²) in [6.07, 6.45) is 0. The van der Waals surface area contributed by atoms with Crippen LogP contribution >= 0.6 is 0 Å². The first-order chi connectivity index (χ1) is 6.00. The van der Waals surface area contributed by atoms with Gasteiger partial charge in [0.2, 0.25) is 0 Å². The average molecular weight is 274 g/mol. The Morgan fingerprint density at radius 1 is 0.467 bits per heavy atom. The molecule has 0 N–H and O–H groups in total. The summed E-state index contributed by atoms with van der Waals surface area (Å²) >= 11 is 0. The van der Waals surface area contributed by atoms with Gasteiger partial charge in [-0.05, 0) is 0 Å². The molecule has 0 saturated heterocycles. The Bertz CT molecular complexity index is 104. The summed E-state index contributed by atoms with van der Waals surface area (Å²) in [7, 11) is 0. The van der Waals surface area contributed by atoms with Gasteiger partial charge in [0.05, 0.1) is 0 Å². The van der Waals surface area contributed by atoms with Gasteiger partial charge in [0.15, 0.2) is 0 Å². The maximum atomic E-state index is 6.50. The standard InChI is InChI=1S/6CHN.CH4.Fe.K.H/c6*1-2;;;;/h6*1H;1H4;;;/q;;;;;;;;+1;-1. The van der Waals surface area contributed by atoms with E-state index in [0.29, 0.717) is 0 Å². The molecule has 6 nitrogen and oxygen atoms in total. The third-order valence-corrected chi connectivity index (χ3v) is 0. The fourth-order valence-electron chi connectivity index (χ4n) is 0. The molecule has 0 heterocycles. The summed E-state index contributed by atoms with van der Waals surface area (Å²) in [5, 5.41) is 39.0. The summed E-state index contributed by atoms with van der Waals surface area (Å²) < 4.78 is 0. The number of nitriles is 6. The van der Waals surface area contributed by atoms with Gasteiger partial charge in [-0.25, -0.2) is 31.6 Å². The van der Waals surface area contributed by atoms with E-state index in [9.17, 15) is 0 Å². The van der Waals surface area contributed by atoms with E-state index in [1.165, 1.54) is 0 Å². The summed E-state index contributed by atoms with van der Waals surface area (Å²) in [5.41, 5.74) is 0. The predicted octanol–water partition coefficient (Wildman–Crippen LogP) is -1.41. The second-order valence-electron chi connectivity index (χ2n) is 0. The molecule has 0 atom stereocenters. The Hall–Kier alpha value is -0.904. The van der Waals surface area contributed by atoms with Gasteiger partial charge in [0, 0.05) is 56.5 Å².